The van der Waals surface area contributed by atoms with E-state index in [-0.39, 0.29) is 29.8 Å². The van der Waals surface area contributed by atoms with Crippen LogP contribution in [0.15, 0.2) is 18.2 Å². The molecule has 12 nitrogen and oxygen atoms in total. The number of aromatic carboxylic acids is 1. The fraction of sp³-hybridized carbons (Fsp3) is 0.353. The number of carboxylic acid groups (broad SMARTS) is 5. The summed E-state index contributed by atoms with van der Waals surface area (Å²) in [6.45, 7) is -2.76. The number of rotatable bonds is 13. The summed E-state index contributed by atoms with van der Waals surface area (Å²) in [6.07, 6.45) is 0. The minimum Gasteiger partial charge on any atom is -0.480 e. The van der Waals surface area contributed by atoms with E-state index in [1.807, 2.05) is 0 Å². The third-order valence-corrected chi connectivity index (χ3v) is 3.55. The number of benzene rings is 1. The first kappa shape index (κ1) is 23.5. The Kier molecular flexibility index (Phi) is 8.70. The predicted molar refractivity (Wildman–Crippen MR) is 94.5 cm³/mol. The van der Waals surface area contributed by atoms with E-state index in [1.165, 1.54) is 18.2 Å². The van der Waals surface area contributed by atoms with Gasteiger partial charge in [-0.2, -0.15) is 0 Å². The number of nitrogens with zero attached hydrogens (tertiary/aromatic N) is 2. The predicted octanol–water partition coefficient (Wildman–Crippen LogP) is -0.673. The lowest BCUT2D eigenvalue weighted by atomic mass is 10.0. The van der Waals surface area contributed by atoms with Gasteiger partial charge in [0.15, 0.2) is 0 Å². The molecule has 1 aromatic rings. The molecule has 0 radical (unpaired) electrons. The Balaban J connectivity index is 3.18. The molecular formula is C17H20N2O10. The highest BCUT2D eigenvalue weighted by Crippen LogP contribution is 2.15. The van der Waals surface area contributed by atoms with E-state index in [0.717, 1.165) is 9.80 Å². The van der Waals surface area contributed by atoms with Crippen LogP contribution >= 0.6 is 0 Å². The molecule has 0 saturated heterocycles. The van der Waals surface area contributed by atoms with Crippen LogP contribution in [-0.2, 0) is 32.3 Å². The lowest BCUT2D eigenvalue weighted by Crippen LogP contribution is -2.34. The van der Waals surface area contributed by atoms with Crippen LogP contribution < -0.4 is 0 Å². The molecule has 0 aliphatic carbocycles. The van der Waals surface area contributed by atoms with E-state index in [9.17, 15) is 29.1 Å². The first-order valence-corrected chi connectivity index (χ1v) is 8.14. The van der Waals surface area contributed by atoms with E-state index >= 15 is 0 Å². The highest BCUT2D eigenvalue weighted by atomic mass is 16.4. The van der Waals surface area contributed by atoms with Crippen molar-refractivity contribution in [1.29, 1.82) is 0 Å². The van der Waals surface area contributed by atoms with Crippen molar-refractivity contribution in [3.63, 3.8) is 0 Å². The van der Waals surface area contributed by atoms with Crippen LogP contribution in [0.2, 0.25) is 0 Å². The van der Waals surface area contributed by atoms with Crippen LogP contribution in [0.1, 0.15) is 21.5 Å². The normalized spacial score (nSPS) is 10.8. The Hall–Kier alpha value is -3.51. The zero-order valence-corrected chi connectivity index (χ0v) is 15.1. The summed E-state index contributed by atoms with van der Waals surface area (Å²) in [7, 11) is 0. The molecule has 29 heavy (non-hydrogen) atoms. The van der Waals surface area contributed by atoms with Crippen LogP contribution in [0.25, 0.3) is 0 Å². The topological polar surface area (TPSA) is 193 Å². The van der Waals surface area contributed by atoms with Gasteiger partial charge in [-0.3, -0.25) is 29.0 Å². The van der Waals surface area contributed by atoms with Gasteiger partial charge in [-0.25, -0.2) is 4.79 Å². The molecule has 1 aromatic carbocycles. The Morgan fingerprint density at radius 2 is 0.897 bits per heavy atom. The number of hydrogen-bond donors (Lipinski definition) is 5. The standard InChI is InChI=1S/C17H20N2O10/c20-13(21)6-18(7-14(22)23)4-10-1-11(3-12(2-10)17(28)29)5-19(8-15(24)25)9-16(26)27/h1-3H,4-9H2,(H,20,21)(H,22,23)(H,24,25)(H,26,27)(H,28,29). The maximum absolute atomic E-state index is 11.4. The molecule has 0 unspecified atom stereocenters. The minimum absolute atomic E-state index is 0.186. The second-order valence-corrected chi connectivity index (χ2v) is 6.21. The Morgan fingerprint density at radius 1 is 0.586 bits per heavy atom. The summed E-state index contributed by atoms with van der Waals surface area (Å²) in [6, 6.07) is 3.92. The highest BCUT2D eigenvalue weighted by Gasteiger charge is 2.18. The molecule has 158 valence electrons. The molecule has 12 heteroatoms. The third-order valence-electron chi connectivity index (χ3n) is 3.55. The smallest absolute Gasteiger partial charge is 0.335 e. The number of carbonyl (C=O) groups is 5. The van der Waals surface area contributed by atoms with Crippen LogP contribution in [0.4, 0.5) is 0 Å². The van der Waals surface area contributed by atoms with Gasteiger partial charge in [-0.05, 0) is 23.3 Å². The molecule has 0 aliphatic rings. The van der Waals surface area contributed by atoms with Crippen LogP contribution in [0, 0.1) is 0 Å². The molecule has 0 aromatic heterocycles. The summed E-state index contributed by atoms with van der Waals surface area (Å²) in [5.74, 6) is -6.38. The van der Waals surface area contributed by atoms with Crippen LogP contribution in [0.3, 0.4) is 0 Å². The molecule has 0 bridgehead atoms. The van der Waals surface area contributed by atoms with Gasteiger partial charge >= 0.3 is 29.8 Å². The number of aliphatic carboxylic acids is 4. The Bertz CT molecular complexity index is 719. The van der Waals surface area contributed by atoms with Crippen molar-refractivity contribution in [2.75, 3.05) is 26.2 Å². The van der Waals surface area contributed by atoms with Gasteiger partial charge in [-0.1, -0.05) is 6.07 Å². The molecule has 0 atom stereocenters. The van der Waals surface area contributed by atoms with Gasteiger partial charge in [0, 0.05) is 13.1 Å². The lowest BCUT2D eigenvalue weighted by molar-refractivity contribution is -0.144. The molecule has 5 N–H and O–H groups in total. The fourth-order valence-electron chi connectivity index (χ4n) is 2.69. The Morgan fingerprint density at radius 3 is 1.14 bits per heavy atom. The van der Waals surface area contributed by atoms with Gasteiger partial charge in [-0.15, -0.1) is 0 Å². The van der Waals surface area contributed by atoms with Gasteiger partial charge in [0.25, 0.3) is 0 Å². The van der Waals surface area contributed by atoms with E-state index < -0.39 is 56.0 Å². The highest BCUT2D eigenvalue weighted by molar-refractivity contribution is 5.88. The van der Waals surface area contributed by atoms with Crippen molar-refractivity contribution in [3.8, 4) is 0 Å². The van der Waals surface area contributed by atoms with Gasteiger partial charge in [0.1, 0.15) is 0 Å². The summed E-state index contributed by atoms with van der Waals surface area (Å²) in [5, 5.41) is 44.9. The van der Waals surface area contributed by atoms with E-state index in [2.05, 4.69) is 0 Å². The fourth-order valence-corrected chi connectivity index (χ4v) is 2.69. The molecule has 0 aliphatic heterocycles. The van der Waals surface area contributed by atoms with Crippen molar-refractivity contribution in [3.05, 3.63) is 34.9 Å². The maximum Gasteiger partial charge on any atom is 0.335 e. The van der Waals surface area contributed by atoms with Gasteiger partial charge < -0.3 is 25.5 Å². The van der Waals surface area contributed by atoms with Crippen molar-refractivity contribution in [2.24, 2.45) is 0 Å². The average Bonchev–Trinajstić information content (AvgIpc) is 2.51. The largest absolute Gasteiger partial charge is 0.480 e. The SMILES string of the molecule is O=C(O)CN(CC(=O)O)Cc1cc(CN(CC(=O)O)CC(=O)O)cc(C(=O)O)c1. The van der Waals surface area contributed by atoms with Crippen molar-refractivity contribution in [1.82, 2.24) is 9.80 Å². The van der Waals surface area contributed by atoms with Crippen molar-refractivity contribution < 1.29 is 49.5 Å². The Labute approximate surface area is 164 Å². The first-order chi connectivity index (χ1) is 13.5. The summed E-state index contributed by atoms with van der Waals surface area (Å²) in [5.41, 5.74) is 0.384. The molecule has 0 fully saturated rings. The molecule has 1 rings (SSSR count). The van der Waals surface area contributed by atoms with Gasteiger partial charge in [0.05, 0.1) is 31.7 Å². The van der Waals surface area contributed by atoms with E-state index in [0.29, 0.717) is 0 Å². The summed E-state index contributed by atoms with van der Waals surface area (Å²) < 4.78 is 0. The van der Waals surface area contributed by atoms with E-state index in [4.69, 9.17) is 20.4 Å². The molecule has 0 heterocycles. The first-order valence-electron chi connectivity index (χ1n) is 8.14. The summed E-state index contributed by atoms with van der Waals surface area (Å²) in [4.78, 5) is 57.2. The second kappa shape index (κ2) is 10.7. The van der Waals surface area contributed by atoms with Gasteiger partial charge in [0.2, 0.25) is 0 Å². The minimum atomic E-state index is -1.31. The van der Waals surface area contributed by atoms with Crippen LogP contribution in [-0.4, -0.2) is 91.4 Å². The van der Waals surface area contributed by atoms with Crippen molar-refractivity contribution in [2.45, 2.75) is 13.1 Å². The lowest BCUT2D eigenvalue weighted by Gasteiger charge is -2.21. The maximum atomic E-state index is 11.4. The van der Waals surface area contributed by atoms with Crippen molar-refractivity contribution >= 4 is 29.8 Å². The molecule has 0 saturated carbocycles. The number of hydrogen-bond acceptors (Lipinski definition) is 7. The number of carboxylic acids is 5. The zero-order chi connectivity index (χ0) is 22.1. The quantitative estimate of drug-likeness (QED) is 0.275. The monoisotopic (exact) mass is 412 g/mol. The summed E-state index contributed by atoms with van der Waals surface area (Å²) >= 11 is 0. The molecular weight excluding hydrogens is 392 g/mol. The van der Waals surface area contributed by atoms with E-state index in [1.54, 1.807) is 0 Å². The van der Waals surface area contributed by atoms with Crippen LogP contribution in [0.5, 0.6) is 0 Å². The second-order valence-electron chi connectivity index (χ2n) is 6.21. The zero-order valence-electron chi connectivity index (χ0n) is 15.1. The molecule has 0 spiro atoms. The average molecular weight is 412 g/mol. The molecule has 0 amide bonds. The third kappa shape index (κ3) is 9.30.